The van der Waals surface area contributed by atoms with Gasteiger partial charge in [-0.05, 0) is 12.3 Å². The number of hydrogen-bond donors (Lipinski definition) is 2. The number of carboxylic acid groups (broad SMARTS) is 1. The number of rotatable bonds is 8. The van der Waals surface area contributed by atoms with Crippen LogP contribution in [-0.2, 0) is 18.4 Å². The van der Waals surface area contributed by atoms with Gasteiger partial charge in [-0.15, -0.1) is 0 Å². The Kier molecular flexibility index (Phi) is 6.83. The SMILES string of the molecule is COP(=O)(CN[C@H](CC(C)C)C(=O)O)OC. The van der Waals surface area contributed by atoms with Gasteiger partial charge in [0.15, 0.2) is 0 Å². The van der Waals surface area contributed by atoms with E-state index < -0.39 is 19.6 Å². The first-order valence-corrected chi connectivity index (χ1v) is 6.74. The van der Waals surface area contributed by atoms with Gasteiger partial charge in [0.2, 0.25) is 0 Å². The van der Waals surface area contributed by atoms with Crippen LogP contribution in [0, 0.1) is 5.92 Å². The van der Waals surface area contributed by atoms with Gasteiger partial charge in [-0.25, -0.2) is 0 Å². The summed E-state index contributed by atoms with van der Waals surface area (Å²) in [4.78, 5) is 10.9. The van der Waals surface area contributed by atoms with Crippen LogP contribution in [0.2, 0.25) is 0 Å². The summed E-state index contributed by atoms with van der Waals surface area (Å²) in [6.07, 6.45) is 0.354. The largest absolute Gasteiger partial charge is 0.480 e. The van der Waals surface area contributed by atoms with E-state index in [0.29, 0.717) is 6.42 Å². The molecule has 0 bridgehead atoms. The van der Waals surface area contributed by atoms with E-state index >= 15 is 0 Å². The minimum Gasteiger partial charge on any atom is -0.480 e. The first-order valence-electron chi connectivity index (χ1n) is 5.01. The Hall–Kier alpha value is -0.420. The Morgan fingerprint density at radius 2 is 1.88 bits per heavy atom. The molecule has 0 fully saturated rings. The highest BCUT2D eigenvalue weighted by Gasteiger charge is 2.25. The summed E-state index contributed by atoms with van der Waals surface area (Å²) in [5.74, 6) is -0.731. The maximum atomic E-state index is 11.7. The molecule has 0 aliphatic rings. The highest BCUT2D eigenvalue weighted by atomic mass is 31.2. The molecule has 1 atom stereocenters. The third-order valence-electron chi connectivity index (χ3n) is 2.09. The molecule has 0 aromatic carbocycles. The molecule has 0 saturated carbocycles. The molecule has 0 amide bonds. The van der Waals surface area contributed by atoms with Crippen molar-refractivity contribution < 1.29 is 23.5 Å². The van der Waals surface area contributed by atoms with Crippen molar-refractivity contribution in [2.75, 3.05) is 20.5 Å². The molecule has 0 aliphatic carbocycles. The van der Waals surface area contributed by atoms with Crippen molar-refractivity contribution in [2.45, 2.75) is 26.3 Å². The van der Waals surface area contributed by atoms with E-state index in [4.69, 9.17) is 14.2 Å². The molecule has 0 heterocycles. The Morgan fingerprint density at radius 1 is 1.38 bits per heavy atom. The quantitative estimate of drug-likeness (QED) is 0.638. The van der Waals surface area contributed by atoms with E-state index in [-0.39, 0.29) is 12.2 Å². The fourth-order valence-corrected chi connectivity index (χ4v) is 2.02. The molecular weight excluding hydrogens is 233 g/mol. The van der Waals surface area contributed by atoms with Gasteiger partial charge in [0.1, 0.15) is 6.04 Å². The Bertz CT molecular complexity index is 261. The summed E-state index contributed by atoms with van der Waals surface area (Å²) in [7, 11) is -0.657. The lowest BCUT2D eigenvalue weighted by Gasteiger charge is -2.19. The van der Waals surface area contributed by atoms with Crippen molar-refractivity contribution in [1.82, 2.24) is 5.32 Å². The van der Waals surface area contributed by atoms with Crippen LogP contribution < -0.4 is 5.32 Å². The third-order valence-corrected chi connectivity index (χ3v) is 3.78. The highest BCUT2D eigenvalue weighted by molar-refractivity contribution is 7.53. The van der Waals surface area contributed by atoms with Crippen molar-refractivity contribution in [3.05, 3.63) is 0 Å². The predicted octanol–water partition coefficient (Wildman–Crippen LogP) is 1.52. The van der Waals surface area contributed by atoms with Crippen LogP contribution in [0.15, 0.2) is 0 Å². The van der Waals surface area contributed by atoms with E-state index in [2.05, 4.69) is 5.32 Å². The summed E-state index contributed by atoms with van der Waals surface area (Å²) in [6.45, 7) is 3.84. The topological polar surface area (TPSA) is 84.9 Å². The molecule has 0 spiro atoms. The molecule has 0 saturated heterocycles. The lowest BCUT2D eigenvalue weighted by molar-refractivity contribution is -0.139. The number of aliphatic carboxylic acids is 1. The normalized spacial score (nSPS) is 14.1. The summed E-state index contributed by atoms with van der Waals surface area (Å²) in [5.41, 5.74) is 0. The lowest BCUT2D eigenvalue weighted by Crippen LogP contribution is -2.38. The molecule has 0 aliphatic heterocycles. The van der Waals surface area contributed by atoms with Crippen molar-refractivity contribution in [1.29, 1.82) is 0 Å². The summed E-state index contributed by atoms with van der Waals surface area (Å²) in [5, 5.41) is 11.6. The maximum Gasteiger partial charge on any atom is 0.343 e. The number of carboxylic acids is 1. The van der Waals surface area contributed by atoms with Crippen LogP contribution in [0.1, 0.15) is 20.3 Å². The molecule has 0 unspecified atom stereocenters. The predicted molar refractivity (Wildman–Crippen MR) is 60.5 cm³/mol. The molecule has 96 valence electrons. The van der Waals surface area contributed by atoms with Gasteiger partial charge in [0, 0.05) is 14.2 Å². The fourth-order valence-electron chi connectivity index (χ4n) is 1.17. The van der Waals surface area contributed by atoms with E-state index in [1.165, 1.54) is 14.2 Å². The molecule has 7 heteroatoms. The van der Waals surface area contributed by atoms with Crippen molar-refractivity contribution in [3.63, 3.8) is 0 Å². The van der Waals surface area contributed by atoms with E-state index in [0.717, 1.165) is 0 Å². The van der Waals surface area contributed by atoms with Gasteiger partial charge in [0.25, 0.3) is 0 Å². The van der Waals surface area contributed by atoms with Crippen LogP contribution in [0.25, 0.3) is 0 Å². The Labute approximate surface area is 95.9 Å². The van der Waals surface area contributed by atoms with Gasteiger partial charge in [0.05, 0.1) is 6.29 Å². The van der Waals surface area contributed by atoms with Crippen molar-refractivity contribution in [2.24, 2.45) is 5.92 Å². The van der Waals surface area contributed by atoms with Gasteiger partial charge in [-0.2, -0.15) is 0 Å². The fraction of sp³-hybridized carbons (Fsp3) is 0.889. The van der Waals surface area contributed by atoms with Gasteiger partial charge < -0.3 is 14.2 Å². The second-order valence-corrected chi connectivity index (χ2v) is 6.13. The average Bonchev–Trinajstić information content (AvgIpc) is 2.23. The molecule has 6 nitrogen and oxygen atoms in total. The Balaban J connectivity index is 4.32. The van der Waals surface area contributed by atoms with Crippen molar-refractivity contribution in [3.8, 4) is 0 Å². The summed E-state index contributed by atoms with van der Waals surface area (Å²) in [6, 6.07) is -0.737. The zero-order valence-electron chi connectivity index (χ0n) is 10.1. The van der Waals surface area contributed by atoms with Crippen LogP contribution in [0.4, 0.5) is 0 Å². The van der Waals surface area contributed by atoms with Gasteiger partial charge >= 0.3 is 13.6 Å². The van der Waals surface area contributed by atoms with Crippen LogP contribution in [0.3, 0.4) is 0 Å². The van der Waals surface area contributed by atoms with Gasteiger partial charge in [-0.1, -0.05) is 13.8 Å². The van der Waals surface area contributed by atoms with Crippen LogP contribution >= 0.6 is 7.60 Å². The number of carbonyl (C=O) groups is 1. The molecule has 0 radical (unpaired) electrons. The van der Waals surface area contributed by atoms with E-state index in [9.17, 15) is 9.36 Å². The summed E-state index contributed by atoms with van der Waals surface area (Å²) >= 11 is 0. The average molecular weight is 253 g/mol. The molecule has 16 heavy (non-hydrogen) atoms. The second kappa shape index (κ2) is 7.01. The molecule has 0 aromatic rings. The summed E-state index contributed by atoms with van der Waals surface area (Å²) < 4.78 is 21.1. The van der Waals surface area contributed by atoms with E-state index in [1.807, 2.05) is 13.8 Å². The van der Waals surface area contributed by atoms with E-state index in [1.54, 1.807) is 0 Å². The zero-order valence-corrected chi connectivity index (χ0v) is 11.0. The third kappa shape index (κ3) is 5.61. The van der Waals surface area contributed by atoms with Crippen LogP contribution in [-0.4, -0.2) is 37.6 Å². The number of nitrogens with one attached hydrogen (secondary N) is 1. The first kappa shape index (κ1) is 15.6. The van der Waals surface area contributed by atoms with Crippen LogP contribution in [0.5, 0.6) is 0 Å². The number of hydrogen-bond acceptors (Lipinski definition) is 5. The highest BCUT2D eigenvalue weighted by Crippen LogP contribution is 2.44. The molecule has 2 N–H and O–H groups in total. The standard InChI is InChI=1S/C9H20NO5P/c1-7(2)5-8(9(11)12)10-6-16(13,14-3)15-4/h7-8,10H,5-6H2,1-4H3,(H,11,12)/t8-/m1/s1. The maximum absolute atomic E-state index is 11.7. The molecule has 0 rings (SSSR count). The molecule has 0 aromatic heterocycles. The molecular formula is C9H20NO5P. The Morgan fingerprint density at radius 3 is 2.19 bits per heavy atom. The zero-order chi connectivity index (χ0) is 12.8. The minimum atomic E-state index is -3.19. The van der Waals surface area contributed by atoms with Crippen molar-refractivity contribution >= 4 is 13.6 Å². The van der Waals surface area contributed by atoms with Gasteiger partial charge in [-0.3, -0.25) is 14.7 Å². The first-order chi connectivity index (χ1) is 7.34. The second-order valence-electron chi connectivity index (χ2n) is 3.86. The lowest BCUT2D eigenvalue weighted by atomic mass is 10.0. The minimum absolute atomic E-state index is 0.107. The smallest absolute Gasteiger partial charge is 0.343 e. The monoisotopic (exact) mass is 253 g/mol.